The van der Waals surface area contributed by atoms with Crippen molar-refractivity contribution in [3.05, 3.63) is 0 Å². The largest absolute Gasteiger partial charge is 0.338 e. The van der Waals surface area contributed by atoms with Gasteiger partial charge in [-0.05, 0) is 18.2 Å². The van der Waals surface area contributed by atoms with E-state index in [-0.39, 0.29) is 11.3 Å². The average molecular weight is 158 g/mol. The number of hydrogen-bond donors (Lipinski definition) is 2. The van der Waals surface area contributed by atoms with Crippen molar-refractivity contribution in [3.8, 4) is 0 Å². The SMILES string of the molecule is CCCC1NC(=O)SC1=N. The van der Waals surface area contributed by atoms with Crippen LogP contribution in [0.5, 0.6) is 0 Å². The monoisotopic (exact) mass is 158 g/mol. The molecule has 2 N–H and O–H groups in total. The van der Waals surface area contributed by atoms with E-state index in [0.29, 0.717) is 5.04 Å². The van der Waals surface area contributed by atoms with Crippen LogP contribution in [0.1, 0.15) is 19.8 Å². The predicted octanol–water partition coefficient (Wildman–Crippen LogP) is 1.59. The Hall–Kier alpha value is -0.510. The summed E-state index contributed by atoms with van der Waals surface area (Å²) in [6, 6.07) is 0.00231. The molecule has 0 radical (unpaired) electrons. The highest BCUT2D eigenvalue weighted by Gasteiger charge is 2.26. The van der Waals surface area contributed by atoms with Crippen molar-refractivity contribution in [3.63, 3.8) is 0 Å². The van der Waals surface area contributed by atoms with Gasteiger partial charge in [0.1, 0.15) is 0 Å². The zero-order chi connectivity index (χ0) is 7.56. The maximum atomic E-state index is 10.6. The van der Waals surface area contributed by atoms with E-state index >= 15 is 0 Å². The van der Waals surface area contributed by atoms with Crippen molar-refractivity contribution in [2.24, 2.45) is 0 Å². The third-order valence-electron chi connectivity index (χ3n) is 1.39. The Morgan fingerprint density at radius 2 is 2.50 bits per heavy atom. The molecule has 0 bridgehead atoms. The lowest BCUT2D eigenvalue weighted by atomic mass is 10.2. The van der Waals surface area contributed by atoms with Crippen molar-refractivity contribution < 1.29 is 4.79 Å². The first-order valence-corrected chi connectivity index (χ1v) is 4.12. The summed E-state index contributed by atoms with van der Waals surface area (Å²) in [6.45, 7) is 2.04. The zero-order valence-electron chi connectivity index (χ0n) is 5.81. The molecule has 0 aromatic carbocycles. The minimum absolute atomic E-state index is 0.00231. The normalized spacial score (nSPS) is 25.1. The first kappa shape index (κ1) is 7.60. The van der Waals surface area contributed by atoms with E-state index in [1.165, 1.54) is 0 Å². The molecular weight excluding hydrogens is 148 g/mol. The molecule has 0 spiro atoms. The van der Waals surface area contributed by atoms with Crippen LogP contribution >= 0.6 is 11.8 Å². The van der Waals surface area contributed by atoms with Crippen LogP contribution in [0.3, 0.4) is 0 Å². The van der Waals surface area contributed by atoms with Crippen molar-refractivity contribution in [1.29, 1.82) is 5.41 Å². The zero-order valence-corrected chi connectivity index (χ0v) is 6.62. The third-order valence-corrected chi connectivity index (χ3v) is 2.20. The average Bonchev–Trinajstić information content (AvgIpc) is 2.13. The summed E-state index contributed by atoms with van der Waals surface area (Å²) in [5.41, 5.74) is 0. The first-order chi connectivity index (χ1) is 4.74. The van der Waals surface area contributed by atoms with Crippen molar-refractivity contribution >= 4 is 22.0 Å². The topological polar surface area (TPSA) is 53.0 Å². The molecule has 1 saturated heterocycles. The lowest BCUT2D eigenvalue weighted by Crippen LogP contribution is -2.27. The van der Waals surface area contributed by atoms with Gasteiger partial charge >= 0.3 is 0 Å². The molecule has 1 aliphatic rings. The van der Waals surface area contributed by atoms with E-state index in [9.17, 15) is 4.79 Å². The molecule has 0 aromatic heterocycles. The third kappa shape index (κ3) is 1.50. The maximum absolute atomic E-state index is 10.6. The number of hydrogen-bond acceptors (Lipinski definition) is 3. The molecule has 1 heterocycles. The van der Waals surface area contributed by atoms with E-state index < -0.39 is 0 Å². The van der Waals surface area contributed by atoms with Gasteiger partial charge in [-0.2, -0.15) is 0 Å². The Morgan fingerprint density at radius 3 is 2.90 bits per heavy atom. The number of amides is 1. The van der Waals surface area contributed by atoms with Gasteiger partial charge in [-0.25, -0.2) is 0 Å². The highest BCUT2D eigenvalue weighted by Crippen LogP contribution is 2.18. The summed E-state index contributed by atoms with van der Waals surface area (Å²) in [4.78, 5) is 10.6. The van der Waals surface area contributed by atoms with Crippen LogP contribution in [0, 0.1) is 5.41 Å². The van der Waals surface area contributed by atoms with E-state index in [0.717, 1.165) is 24.6 Å². The maximum Gasteiger partial charge on any atom is 0.285 e. The molecule has 1 amide bonds. The van der Waals surface area contributed by atoms with Gasteiger partial charge in [-0.1, -0.05) is 13.3 Å². The minimum atomic E-state index is -0.0801. The molecule has 1 rings (SSSR count). The van der Waals surface area contributed by atoms with Gasteiger partial charge in [-0.3, -0.25) is 10.2 Å². The van der Waals surface area contributed by atoms with Crippen LogP contribution < -0.4 is 5.32 Å². The molecule has 1 fully saturated rings. The quantitative estimate of drug-likeness (QED) is 0.641. The van der Waals surface area contributed by atoms with Crippen molar-refractivity contribution in [1.82, 2.24) is 5.32 Å². The Labute approximate surface area is 64.1 Å². The van der Waals surface area contributed by atoms with Crippen LogP contribution in [0.4, 0.5) is 4.79 Å². The smallest absolute Gasteiger partial charge is 0.285 e. The number of thioether (sulfide) groups is 1. The number of rotatable bonds is 2. The van der Waals surface area contributed by atoms with Crippen LogP contribution in [0.2, 0.25) is 0 Å². The molecule has 0 aliphatic carbocycles. The van der Waals surface area contributed by atoms with Gasteiger partial charge < -0.3 is 5.32 Å². The fourth-order valence-electron chi connectivity index (χ4n) is 0.900. The second-order valence-corrected chi connectivity index (χ2v) is 3.25. The van der Waals surface area contributed by atoms with Gasteiger partial charge in [0.15, 0.2) is 0 Å². The van der Waals surface area contributed by atoms with Gasteiger partial charge in [-0.15, -0.1) is 0 Å². The van der Waals surface area contributed by atoms with Gasteiger partial charge in [0.25, 0.3) is 5.24 Å². The Bertz CT molecular complexity index is 169. The first-order valence-electron chi connectivity index (χ1n) is 3.31. The highest BCUT2D eigenvalue weighted by molar-refractivity contribution is 8.26. The number of carbonyl (C=O) groups is 1. The molecule has 1 unspecified atom stereocenters. The predicted molar refractivity (Wildman–Crippen MR) is 42.5 cm³/mol. The molecule has 3 nitrogen and oxygen atoms in total. The number of nitrogens with one attached hydrogen (secondary N) is 2. The van der Waals surface area contributed by atoms with Crippen LogP contribution in [-0.4, -0.2) is 16.3 Å². The second kappa shape index (κ2) is 3.05. The molecule has 1 atom stereocenters. The summed E-state index contributed by atoms with van der Waals surface area (Å²) in [7, 11) is 0. The van der Waals surface area contributed by atoms with E-state index in [1.807, 2.05) is 6.92 Å². The summed E-state index contributed by atoms with van der Waals surface area (Å²) in [5, 5.41) is 10.4. The molecule has 0 saturated carbocycles. The summed E-state index contributed by atoms with van der Waals surface area (Å²) in [5.74, 6) is 0. The molecule has 10 heavy (non-hydrogen) atoms. The van der Waals surface area contributed by atoms with E-state index in [4.69, 9.17) is 5.41 Å². The standard InChI is InChI=1S/C6H10N2OS/c1-2-3-4-5(7)10-6(9)8-4/h4,7H,2-3H2,1H3,(H,8,9). The van der Waals surface area contributed by atoms with Gasteiger partial charge in [0, 0.05) is 0 Å². The Kier molecular flexibility index (Phi) is 2.32. The molecule has 1 aliphatic heterocycles. The van der Waals surface area contributed by atoms with Crippen LogP contribution in [0.25, 0.3) is 0 Å². The fourth-order valence-corrected chi connectivity index (χ4v) is 1.62. The molecular formula is C6H10N2OS. The van der Waals surface area contributed by atoms with Gasteiger partial charge in [0.05, 0.1) is 11.1 Å². The van der Waals surface area contributed by atoms with E-state index in [1.54, 1.807) is 0 Å². The van der Waals surface area contributed by atoms with E-state index in [2.05, 4.69) is 5.32 Å². The number of carbonyl (C=O) groups excluding carboxylic acids is 1. The van der Waals surface area contributed by atoms with Crippen LogP contribution in [-0.2, 0) is 0 Å². The summed E-state index contributed by atoms with van der Waals surface area (Å²) in [6.07, 6.45) is 1.89. The summed E-state index contributed by atoms with van der Waals surface area (Å²) < 4.78 is 0. The minimum Gasteiger partial charge on any atom is -0.338 e. The van der Waals surface area contributed by atoms with Crippen LogP contribution in [0.15, 0.2) is 0 Å². The molecule has 0 aromatic rings. The lowest BCUT2D eigenvalue weighted by Gasteiger charge is -2.05. The Morgan fingerprint density at radius 1 is 1.80 bits per heavy atom. The molecule has 4 heteroatoms. The van der Waals surface area contributed by atoms with Crippen molar-refractivity contribution in [2.45, 2.75) is 25.8 Å². The fraction of sp³-hybridized carbons (Fsp3) is 0.667. The molecule has 56 valence electrons. The van der Waals surface area contributed by atoms with Gasteiger partial charge in [0.2, 0.25) is 0 Å². The Balaban J connectivity index is 2.46. The highest BCUT2D eigenvalue weighted by atomic mass is 32.2. The second-order valence-electron chi connectivity index (χ2n) is 2.24. The van der Waals surface area contributed by atoms with Crippen molar-refractivity contribution in [2.75, 3.05) is 0 Å². The lowest BCUT2D eigenvalue weighted by molar-refractivity contribution is 0.260. The summed E-state index contributed by atoms with van der Waals surface area (Å²) >= 11 is 1.00.